The molecule has 1 N–H and O–H groups in total. The Labute approximate surface area is 89.1 Å². The van der Waals surface area contributed by atoms with Gasteiger partial charge in [0.25, 0.3) is 0 Å². The first-order chi connectivity index (χ1) is 6.59. The van der Waals surface area contributed by atoms with Crippen LogP contribution in [0.4, 0.5) is 0 Å². The molecule has 0 radical (unpaired) electrons. The smallest absolute Gasteiger partial charge is 0.0303 e. The minimum absolute atomic E-state index is 0.291. The lowest BCUT2D eigenvalue weighted by Gasteiger charge is -2.42. The van der Waals surface area contributed by atoms with Crippen LogP contribution < -0.4 is 5.32 Å². The second kappa shape index (κ2) is 5.13. The first-order valence-corrected chi connectivity index (χ1v) is 6.01. The Kier molecular flexibility index (Phi) is 4.39. The molecule has 1 rings (SSSR count). The number of nitrogens with zero attached hydrogens (tertiary/aromatic N) is 1. The number of hydrogen-bond donors (Lipinski definition) is 1. The first kappa shape index (κ1) is 12.0. The minimum atomic E-state index is 0.291. The monoisotopic (exact) mass is 198 g/mol. The molecule has 1 aliphatic heterocycles. The van der Waals surface area contributed by atoms with Crippen LogP contribution >= 0.6 is 0 Å². The van der Waals surface area contributed by atoms with Crippen LogP contribution in [0.3, 0.4) is 0 Å². The van der Waals surface area contributed by atoms with Gasteiger partial charge in [-0.3, -0.25) is 4.90 Å². The number of likely N-dealkylation sites (tertiary alicyclic amines) is 1. The fraction of sp³-hybridized carbons (Fsp3) is 1.00. The molecular formula is C12H26N2. The van der Waals surface area contributed by atoms with Crippen molar-refractivity contribution in [2.24, 2.45) is 0 Å². The molecule has 0 aliphatic carbocycles. The summed E-state index contributed by atoms with van der Waals surface area (Å²) in [6.45, 7) is 9.56. The molecule has 0 bridgehead atoms. The van der Waals surface area contributed by atoms with E-state index in [0.717, 1.165) is 0 Å². The minimum Gasteiger partial charge on any atom is -0.315 e. The SMILES string of the molecule is CNC(C)C(C)(C)N1CCCCCC1. The largest absolute Gasteiger partial charge is 0.315 e. The Hall–Kier alpha value is -0.0800. The lowest BCUT2D eigenvalue weighted by molar-refractivity contribution is 0.0930. The second-order valence-electron chi connectivity index (χ2n) is 5.07. The van der Waals surface area contributed by atoms with Gasteiger partial charge in [-0.1, -0.05) is 12.8 Å². The van der Waals surface area contributed by atoms with E-state index in [2.05, 4.69) is 38.0 Å². The van der Waals surface area contributed by atoms with Crippen LogP contribution in [0.1, 0.15) is 46.5 Å². The number of hydrogen-bond acceptors (Lipinski definition) is 2. The maximum Gasteiger partial charge on any atom is 0.0303 e. The molecule has 84 valence electrons. The molecule has 2 heteroatoms. The van der Waals surface area contributed by atoms with E-state index >= 15 is 0 Å². The summed E-state index contributed by atoms with van der Waals surface area (Å²) in [7, 11) is 2.06. The summed E-state index contributed by atoms with van der Waals surface area (Å²) in [4.78, 5) is 2.65. The Morgan fingerprint density at radius 1 is 1.07 bits per heavy atom. The molecule has 1 atom stereocenters. The van der Waals surface area contributed by atoms with Gasteiger partial charge in [-0.05, 0) is 53.8 Å². The highest BCUT2D eigenvalue weighted by Gasteiger charge is 2.31. The normalized spacial score (nSPS) is 23.1. The predicted octanol–water partition coefficient (Wildman–Crippen LogP) is 2.25. The zero-order valence-electron chi connectivity index (χ0n) is 10.3. The van der Waals surface area contributed by atoms with Crippen LogP contribution in [0.25, 0.3) is 0 Å². The van der Waals surface area contributed by atoms with E-state index in [1.54, 1.807) is 0 Å². The molecule has 0 aromatic rings. The Morgan fingerprint density at radius 3 is 2.00 bits per heavy atom. The van der Waals surface area contributed by atoms with Crippen molar-refractivity contribution >= 4 is 0 Å². The summed E-state index contributed by atoms with van der Waals surface area (Å²) >= 11 is 0. The van der Waals surface area contributed by atoms with Gasteiger partial charge in [-0.25, -0.2) is 0 Å². The van der Waals surface area contributed by atoms with Gasteiger partial charge in [0.05, 0.1) is 0 Å². The molecule has 1 saturated heterocycles. The Morgan fingerprint density at radius 2 is 1.57 bits per heavy atom. The van der Waals surface area contributed by atoms with Crippen molar-refractivity contribution in [1.82, 2.24) is 10.2 Å². The third-order valence-electron chi connectivity index (χ3n) is 3.91. The van der Waals surface area contributed by atoms with Crippen LogP contribution in [0.2, 0.25) is 0 Å². The molecule has 0 spiro atoms. The van der Waals surface area contributed by atoms with Crippen molar-refractivity contribution in [1.29, 1.82) is 0 Å². The van der Waals surface area contributed by atoms with Crippen LogP contribution in [-0.2, 0) is 0 Å². The van der Waals surface area contributed by atoms with Crippen molar-refractivity contribution in [2.45, 2.75) is 58.0 Å². The van der Waals surface area contributed by atoms with E-state index < -0.39 is 0 Å². The fourth-order valence-electron chi connectivity index (χ4n) is 2.27. The van der Waals surface area contributed by atoms with E-state index in [-0.39, 0.29) is 0 Å². The second-order valence-corrected chi connectivity index (χ2v) is 5.07. The summed E-state index contributed by atoms with van der Waals surface area (Å²) in [5.74, 6) is 0. The Balaban J connectivity index is 2.59. The molecule has 0 aromatic carbocycles. The third kappa shape index (κ3) is 2.71. The molecule has 0 saturated carbocycles. The van der Waals surface area contributed by atoms with Gasteiger partial charge in [0.2, 0.25) is 0 Å². The molecule has 0 aromatic heterocycles. The van der Waals surface area contributed by atoms with Crippen LogP contribution in [0.5, 0.6) is 0 Å². The van der Waals surface area contributed by atoms with E-state index in [4.69, 9.17) is 0 Å². The topological polar surface area (TPSA) is 15.3 Å². The van der Waals surface area contributed by atoms with Gasteiger partial charge in [-0.2, -0.15) is 0 Å². The molecule has 1 heterocycles. The first-order valence-electron chi connectivity index (χ1n) is 6.01. The standard InChI is InChI=1S/C12H26N2/c1-11(13-4)12(2,3)14-9-7-5-6-8-10-14/h11,13H,5-10H2,1-4H3. The van der Waals surface area contributed by atoms with Crippen molar-refractivity contribution in [3.63, 3.8) is 0 Å². The maximum absolute atomic E-state index is 3.38. The average molecular weight is 198 g/mol. The van der Waals surface area contributed by atoms with Crippen molar-refractivity contribution < 1.29 is 0 Å². The molecule has 14 heavy (non-hydrogen) atoms. The van der Waals surface area contributed by atoms with E-state index in [1.165, 1.54) is 38.8 Å². The fourth-order valence-corrected chi connectivity index (χ4v) is 2.27. The molecular weight excluding hydrogens is 172 g/mol. The van der Waals surface area contributed by atoms with E-state index in [9.17, 15) is 0 Å². The van der Waals surface area contributed by atoms with Crippen molar-refractivity contribution in [3.8, 4) is 0 Å². The van der Waals surface area contributed by atoms with Gasteiger partial charge < -0.3 is 5.32 Å². The summed E-state index contributed by atoms with van der Waals surface area (Å²) < 4.78 is 0. The number of rotatable bonds is 3. The summed E-state index contributed by atoms with van der Waals surface area (Å²) in [6.07, 6.45) is 5.58. The number of nitrogens with one attached hydrogen (secondary N) is 1. The summed E-state index contributed by atoms with van der Waals surface area (Å²) in [5, 5.41) is 3.38. The van der Waals surface area contributed by atoms with E-state index in [1.807, 2.05) is 0 Å². The molecule has 1 aliphatic rings. The summed E-state index contributed by atoms with van der Waals surface area (Å²) in [5.41, 5.74) is 0.291. The van der Waals surface area contributed by atoms with E-state index in [0.29, 0.717) is 11.6 Å². The van der Waals surface area contributed by atoms with Gasteiger partial charge in [0, 0.05) is 11.6 Å². The van der Waals surface area contributed by atoms with Crippen molar-refractivity contribution in [3.05, 3.63) is 0 Å². The molecule has 0 amide bonds. The van der Waals surface area contributed by atoms with Gasteiger partial charge >= 0.3 is 0 Å². The zero-order valence-corrected chi connectivity index (χ0v) is 10.3. The molecule has 2 nitrogen and oxygen atoms in total. The van der Waals surface area contributed by atoms with Gasteiger partial charge in [0.1, 0.15) is 0 Å². The number of likely N-dealkylation sites (N-methyl/N-ethyl adjacent to an activating group) is 1. The third-order valence-corrected chi connectivity index (χ3v) is 3.91. The predicted molar refractivity (Wildman–Crippen MR) is 62.6 cm³/mol. The lowest BCUT2D eigenvalue weighted by Crippen LogP contribution is -2.56. The zero-order chi connectivity index (χ0) is 10.6. The van der Waals surface area contributed by atoms with Gasteiger partial charge in [0.15, 0.2) is 0 Å². The van der Waals surface area contributed by atoms with Crippen LogP contribution in [-0.4, -0.2) is 36.6 Å². The van der Waals surface area contributed by atoms with Gasteiger partial charge in [-0.15, -0.1) is 0 Å². The van der Waals surface area contributed by atoms with Crippen LogP contribution in [0, 0.1) is 0 Å². The summed E-state index contributed by atoms with van der Waals surface area (Å²) in [6, 6.07) is 0.556. The van der Waals surface area contributed by atoms with Crippen LogP contribution in [0.15, 0.2) is 0 Å². The molecule has 1 unspecified atom stereocenters. The Bertz CT molecular complexity index is 158. The highest BCUT2D eigenvalue weighted by molar-refractivity contribution is 4.90. The lowest BCUT2D eigenvalue weighted by atomic mass is 9.93. The molecule has 1 fully saturated rings. The highest BCUT2D eigenvalue weighted by Crippen LogP contribution is 2.22. The maximum atomic E-state index is 3.38. The van der Waals surface area contributed by atoms with Crippen molar-refractivity contribution in [2.75, 3.05) is 20.1 Å². The highest BCUT2D eigenvalue weighted by atomic mass is 15.2. The average Bonchev–Trinajstić information content (AvgIpc) is 2.44. The quantitative estimate of drug-likeness (QED) is 0.748.